The van der Waals surface area contributed by atoms with E-state index in [1.54, 1.807) is 6.07 Å². The molecule has 0 saturated carbocycles. The van der Waals surface area contributed by atoms with Gasteiger partial charge in [-0.3, -0.25) is 4.79 Å². The SMILES string of the molecule is Cc1cccc(Cl)c1NC(=O)[C@H](N)Cc1ccccc1. The van der Waals surface area contributed by atoms with Gasteiger partial charge in [0, 0.05) is 0 Å². The number of hydrogen-bond donors (Lipinski definition) is 2. The van der Waals surface area contributed by atoms with Crippen LogP contribution in [-0.4, -0.2) is 11.9 Å². The molecule has 0 unspecified atom stereocenters. The predicted molar refractivity (Wildman–Crippen MR) is 82.9 cm³/mol. The zero-order valence-electron chi connectivity index (χ0n) is 11.3. The van der Waals surface area contributed by atoms with Crippen molar-refractivity contribution in [1.82, 2.24) is 0 Å². The number of carbonyl (C=O) groups is 1. The molecule has 0 aromatic heterocycles. The fraction of sp³-hybridized carbons (Fsp3) is 0.188. The second-order valence-electron chi connectivity index (χ2n) is 4.72. The van der Waals surface area contributed by atoms with Gasteiger partial charge in [0.25, 0.3) is 0 Å². The quantitative estimate of drug-likeness (QED) is 0.908. The van der Waals surface area contributed by atoms with Crippen LogP contribution in [0.5, 0.6) is 0 Å². The Morgan fingerprint density at radius 2 is 1.90 bits per heavy atom. The number of halogens is 1. The second-order valence-corrected chi connectivity index (χ2v) is 5.12. The molecule has 3 N–H and O–H groups in total. The van der Waals surface area contributed by atoms with Crippen molar-refractivity contribution in [2.45, 2.75) is 19.4 Å². The Balaban J connectivity index is 2.05. The van der Waals surface area contributed by atoms with Crippen molar-refractivity contribution >= 4 is 23.2 Å². The number of hydrogen-bond acceptors (Lipinski definition) is 2. The van der Waals surface area contributed by atoms with Crippen molar-refractivity contribution in [3.63, 3.8) is 0 Å². The van der Waals surface area contributed by atoms with E-state index < -0.39 is 6.04 Å². The molecule has 0 spiro atoms. The molecule has 2 aromatic rings. The van der Waals surface area contributed by atoms with Crippen LogP contribution in [0.3, 0.4) is 0 Å². The van der Waals surface area contributed by atoms with Gasteiger partial charge in [-0.2, -0.15) is 0 Å². The first-order valence-electron chi connectivity index (χ1n) is 6.43. The van der Waals surface area contributed by atoms with Gasteiger partial charge in [0.15, 0.2) is 0 Å². The normalized spacial score (nSPS) is 11.9. The number of carbonyl (C=O) groups excluding carboxylic acids is 1. The lowest BCUT2D eigenvalue weighted by atomic mass is 10.1. The lowest BCUT2D eigenvalue weighted by molar-refractivity contribution is -0.117. The third kappa shape index (κ3) is 3.59. The lowest BCUT2D eigenvalue weighted by Gasteiger charge is -2.15. The number of anilines is 1. The lowest BCUT2D eigenvalue weighted by Crippen LogP contribution is -2.37. The molecule has 0 aliphatic rings. The Kier molecular flexibility index (Phi) is 4.77. The molecule has 104 valence electrons. The number of nitrogens with one attached hydrogen (secondary N) is 1. The van der Waals surface area contributed by atoms with Gasteiger partial charge >= 0.3 is 0 Å². The molecule has 0 aliphatic carbocycles. The van der Waals surface area contributed by atoms with Crippen molar-refractivity contribution in [3.05, 3.63) is 64.7 Å². The zero-order valence-corrected chi connectivity index (χ0v) is 12.0. The van der Waals surface area contributed by atoms with Crippen molar-refractivity contribution in [2.24, 2.45) is 5.73 Å². The predicted octanol–water partition coefficient (Wildman–Crippen LogP) is 3.16. The number of amides is 1. The largest absolute Gasteiger partial charge is 0.323 e. The summed E-state index contributed by atoms with van der Waals surface area (Å²) >= 11 is 6.08. The van der Waals surface area contributed by atoms with Gasteiger partial charge in [-0.15, -0.1) is 0 Å². The Bertz CT molecular complexity index is 578. The van der Waals surface area contributed by atoms with E-state index in [4.69, 9.17) is 17.3 Å². The third-order valence-electron chi connectivity index (χ3n) is 3.11. The third-order valence-corrected chi connectivity index (χ3v) is 3.42. The summed E-state index contributed by atoms with van der Waals surface area (Å²) < 4.78 is 0. The maximum absolute atomic E-state index is 12.1. The minimum atomic E-state index is -0.604. The number of nitrogens with two attached hydrogens (primary N) is 1. The molecule has 3 nitrogen and oxygen atoms in total. The highest BCUT2D eigenvalue weighted by atomic mass is 35.5. The Morgan fingerprint density at radius 1 is 1.20 bits per heavy atom. The Morgan fingerprint density at radius 3 is 2.55 bits per heavy atom. The fourth-order valence-electron chi connectivity index (χ4n) is 1.97. The van der Waals surface area contributed by atoms with E-state index in [0.29, 0.717) is 17.1 Å². The molecule has 0 saturated heterocycles. The summed E-state index contributed by atoms with van der Waals surface area (Å²) in [5.74, 6) is -0.231. The van der Waals surface area contributed by atoms with Gasteiger partial charge in [0.1, 0.15) is 0 Å². The number of para-hydroxylation sites is 1. The van der Waals surface area contributed by atoms with Crippen LogP contribution in [0.1, 0.15) is 11.1 Å². The van der Waals surface area contributed by atoms with Crippen LogP contribution in [0.4, 0.5) is 5.69 Å². The van der Waals surface area contributed by atoms with E-state index in [2.05, 4.69) is 5.32 Å². The molecule has 2 rings (SSSR count). The maximum Gasteiger partial charge on any atom is 0.241 e. The van der Waals surface area contributed by atoms with Crippen LogP contribution >= 0.6 is 11.6 Å². The summed E-state index contributed by atoms with van der Waals surface area (Å²) in [7, 11) is 0. The topological polar surface area (TPSA) is 55.1 Å². The molecule has 1 atom stereocenters. The summed E-state index contributed by atoms with van der Waals surface area (Å²) in [6.45, 7) is 1.89. The van der Waals surface area contributed by atoms with Crippen LogP contribution in [0.25, 0.3) is 0 Å². The van der Waals surface area contributed by atoms with Gasteiger partial charge in [0.05, 0.1) is 16.8 Å². The van der Waals surface area contributed by atoms with Crippen LogP contribution < -0.4 is 11.1 Å². The first-order valence-corrected chi connectivity index (χ1v) is 6.81. The fourth-order valence-corrected chi connectivity index (χ4v) is 2.24. The molecule has 4 heteroatoms. The van der Waals surface area contributed by atoms with Crippen LogP contribution in [0.2, 0.25) is 5.02 Å². The number of aryl methyl sites for hydroxylation is 1. The zero-order chi connectivity index (χ0) is 14.5. The summed E-state index contributed by atoms with van der Waals surface area (Å²) in [6, 6.07) is 14.6. The van der Waals surface area contributed by atoms with Crippen molar-refractivity contribution in [2.75, 3.05) is 5.32 Å². The molecule has 0 heterocycles. The maximum atomic E-state index is 12.1. The van der Waals surface area contributed by atoms with Crippen molar-refractivity contribution < 1.29 is 4.79 Å². The molecular formula is C16H17ClN2O. The van der Waals surface area contributed by atoms with Gasteiger partial charge in [-0.25, -0.2) is 0 Å². The monoisotopic (exact) mass is 288 g/mol. The average Bonchev–Trinajstić information content (AvgIpc) is 2.44. The van der Waals surface area contributed by atoms with Crippen molar-refractivity contribution in [3.8, 4) is 0 Å². The Hall–Kier alpha value is -1.84. The molecular weight excluding hydrogens is 272 g/mol. The highest BCUT2D eigenvalue weighted by Crippen LogP contribution is 2.25. The van der Waals surface area contributed by atoms with Gasteiger partial charge in [0.2, 0.25) is 5.91 Å². The number of rotatable bonds is 4. The van der Waals surface area contributed by atoms with E-state index in [-0.39, 0.29) is 5.91 Å². The van der Waals surface area contributed by atoms with Crippen LogP contribution in [0, 0.1) is 6.92 Å². The molecule has 2 aromatic carbocycles. The van der Waals surface area contributed by atoms with Gasteiger partial charge in [-0.05, 0) is 30.5 Å². The molecule has 20 heavy (non-hydrogen) atoms. The minimum absolute atomic E-state index is 0.231. The van der Waals surface area contributed by atoms with Gasteiger partial charge in [-0.1, -0.05) is 54.1 Å². The van der Waals surface area contributed by atoms with Gasteiger partial charge < -0.3 is 11.1 Å². The minimum Gasteiger partial charge on any atom is -0.323 e. The summed E-state index contributed by atoms with van der Waals surface area (Å²) in [4.78, 5) is 12.1. The van der Waals surface area contributed by atoms with E-state index >= 15 is 0 Å². The average molecular weight is 289 g/mol. The Labute approximate surface area is 123 Å². The molecule has 1 amide bonds. The summed E-state index contributed by atoms with van der Waals surface area (Å²) in [6.07, 6.45) is 0.496. The molecule has 0 aliphatic heterocycles. The second kappa shape index (κ2) is 6.55. The highest BCUT2D eigenvalue weighted by Gasteiger charge is 2.16. The molecule has 0 fully saturated rings. The highest BCUT2D eigenvalue weighted by molar-refractivity contribution is 6.34. The van der Waals surface area contributed by atoms with E-state index in [1.165, 1.54) is 0 Å². The smallest absolute Gasteiger partial charge is 0.241 e. The van der Waals surface area contributed by atoms with Crippen molar-refractivity contribution in [1.29, 1.82) is 0 Å². The van der Waals surface area contributed by atoms with E-state index in [9.17, 15) is 4.79 Å². The summed E-state index contributed by atoms with van der Waals surface area (Å²) in [5, 5.41) is 3.32. The summed E-state index contributed by atoms with van der Waals surface area (Å²) in [5.41, 5.74) is 8.52. The number of benzene rings is 2. The first kappa shape index (κ1) is 14.6. The molecule has 0 bridgehead atoms. The van der Waals surface area contributed by atoms with E-state index in [1.807, 2.05) is 49.4 Å². The first-order chi connectivity index (χ1) is 9.58. The standard InChI is InChI=1S/C16H17ClN2O/c1-11-6-5-9-13(17)15(11)19-16(20)14(18)10-12-7-3-2-4-8-12/h2-9,14H,10,18H2,1H3,(H,19,20)/t14-/m1/s1. The van der Waals surface area contributed by atoms with Crippen LogP contribution in [-0.2, 0) is 11.2 Å². The van der Waals surface area contributed by atoms with E-state index in [0.717, 1.165) is 11.1 Å². The molecule has 0 radical (unpaired) electrons. The van der Waals surface area contributed by atoms with Crippen LogP contribution in [0.15, 0.2) is 48.5 Å².